The van der Waals surface area contributed by atoms with Gasteiger partial charge in [0.2, 0.25) is 5.71 Å². The summed E-state index contributed by atoms with van der Waals surface area (Å²) in [6.45, 7) is 1.63. The van der Waals surface area contributed by atoms with Gasteiger partial charge in [-0.3, -0.25) is 0 Å². The summed E-state index contributed by atoms with van der Waals surface area (Å²) in [6.07, 6.45) is 0. The van der Waals surface area contributed by atoms with E-state index in [0.29, 0.717) is 17.0 Å². The van der Waals surface area contributed by atoms with Crippen molar-refractivity contribution < 1.29 is 13.9 Å². The van der Waals surface area contributed by atoms with Gasteiger partial charge in [0.15, 0.2) is 0 Å². The van der Waals surface area contributed by atoms with Crippen LogP contribution in [0.15, 0.2) is 4.42 Å². The summed E-state index contributed by atoms with van der Waals surface area (Å²) in [5, 5.41) is 0.364. The van der Waals surface area contributed by atoms with E-state index in [1.54, 1.807) is 6.92 Å². The lowest BCUT2D eigenvalue weighted by atomic mass is 10.2. The number of carbonyl (C=O) groups excluding carboxylic acids is 1. The Bertz CT molecular complexity index is 594. The fourth-order valence-corrected chi connectivity index (χ4v) is 1.71. The van der Waals surface area contributed by atoms with Gasteiger partial charge in [0.05, 0.1) is 18.4 Å². The van der Waals surface area contributed by atoms with E-state index in [1.165, 1.54) is 7.11 Å². The number of anilines is 1. The highest BCUT2D eigenvalue weighted by atomic mass is 35.5. The third kappa shape index (κ3) is 1.80. The second kappa shape index (κ2) is 4.21. The van der Waals surface area contributed by atoms with Crippen molar-refractivity contribution in [3.8, 4) is 0 Å². The fourth-order valence-electron chi connectivity index (χ4n) is 1.59. The summed E-state index contributed by atoms with van der Waals surface area (Å²) in [4.78, 5) is 19.6. The normalized spacial score (nSPS) is 10.8. The highest BCUT2D eigenvalue weighted by Gasteiger charge is 2.23. The highest BCUT2D eigenvalue weighted by Crippen LogP contribution is 2.28. The number of nitrogens with two attached hydrogens (primary N) is 1. The number of esters is 1. The smallest absolute Gasteiger partial charge is 0.342 e. The summed E-state index contributed by atoms with van der Waals surface area (Å²) < 4.78 is 10.0. The van der Waals surface area contributed by atoms with Gasteiger partial charge in [-0.05, 0) is 6.92 Å². The summed E-state index contributed by atoms with van der Waals surface area (Å²) in [7, 11) is 1.28. The van der Waals surface area contributed by atoms with Crippen LogP contribution < -0.4 is 5.73 Å². The lowest BCUT2D eigenvalue weighted by molar-refractivity contribution is 0.0601. The van der Waals surface area contributed by atoms with Gasteiger partial charge in [0.1, 0.15) is 23.0 Å². The van der Waals surface area contributed by atoms with Crippen molar-refractivity contribution in [3.63, 3.8) is 0 Å². The topological polar surface area (TPSA) is 91.2 Å². The van der Waals surface area contributed by atoms with Gasteiger partial charge < -0.3 is 14.9 Å². The molecule has 0 fully saturated rings. The van der Waals surface area contributed by atoms with Gasteiger partial charge >= 0.3 is 5.97 Å². The summed E-state index contributed by atoms with van der Waals surface area (Å²) in [5.41, 5.74) is 6.25. The van der Waals surface area contributed by atoms with Gasteiger partial charge in [0, 0.05) is 0 Å². The van der Waals surface area contributed by atoms with Gasteiger partial charge in [-0.2, -0.15) is 4.98 Å². The van der Waals surface area contributed by atoms with Crippen molar-refractivity contribution in [3.05, 3.63) is 17.1 Å². The molecule has 0 amide bonds. The quantitative estimate of drug-likeness (QED) is 0.648. The Morgan fingerprint density at radius 3 is 2.82 bits per heavy atom. The molecule has 0 saturated carbocycles. The third-order valence-electron chi connectivity index (χ3n) is 2.31. The van der Waals surface area contributed by atoms with Crippen LogP contribution in [0.25, 0.3) is 11.1 Å². The lowest BCUT2D eigenvalue weighted by Gasteiger charge is -2.00. The van der Waals surface area contributed by atoms with Crippen LogP contribution in [0, 0.1) is 6.92 Å². The zero-order chi connectivity index (χ0) is 12.6. The first-order chi connectivity index (χ1) is 8.08. The number of aromatic nitrogens is 2. The Morgan fingerprint density at radius 1 is 1.53 bits per heavy atom. The highest BCUT2D eigenvalue weighted by molar-refractivity contribution is 6.17. The number of halogens is 1. The summed E-state index contributed by atoms with van der Waals surface area (Å²) in [6, 6.07) is 0. The molecular formula is C10H10ClN3O3. The predicted octanol–water partition coefficient (Wildman–Crippen LogP) is 1.64. The van der Waals surface area contributed by atoms with E-state index in [1.807, 2.05) is 0 Å². The van der Waals surface area contributed by atoms with Crippen molar-refractivity contribution in [2.24, 2.45) is 0 Å². The van der Waals surface area contributed by atoms with Crippen LogP contribution in [0.1, 0.15) is 21.9 Å². The van der Waals surface area contributed by atoms with Gasteiger partial charge in [-0.15, -0.1) is 11.6 Å². The van der Waals surface area contributed by atoms with E-state index in [2.05, 4.69) is 14.7 Å². The Labute approximate surface area is 102 Å². The SMILES string of the molecule is COC(=O)c1c(C)oc2nc(CCl)nc(N)c12. The summed E-state index contributed by atoms with van der Waals surface area (Å²) >= 11 is 5.62. The first kappa shape index (κ1) is 11.7. The van der Waals surface area contributed by atoms with Crippen molar-refractivity contribution in [1.82, 2.24) is 9.97 Å². The molecule has 2 aromatic heterocycles. The van der Waals surface area contributed by atoms with E-state index in [9.17, 15) is 4.79 Å². The molecule has 2 N–H and O–H groups in total. The van der Waals surface area contributed by atoms with Crippen molar-refractivity contribution in [2.45, 2.75) is 12.8 Å². The number of hydrogen-bond donors (Lipinski definition) is 1. The maximum Gasteiger partial charge on any atom is 0.342 e. The number of fused-ring (bicyclic) bond motifs is 1. The maximum atomic E-state index is 11.6. The van der Waals surface area contributed by atoms with Gasteiger partial charge in [0.25, 0.3) is 0 Å². The molecular weight excluding hydrogens is 246 g/mol. The van der Waals surface area contributed by atoms with E-state index >= 15 is 0 Å². The van der Waals surface area contributed by atoms with Crippen LogP contribution in [0.3, 0.4) is 0 Å². The van der Waals surface area contributed by atoms with Gasteiger partial charge in [-0.25, -0.2) is 9.78 Å². The zero-order valence-corrected chi connectivity index (χ0v) is 10.0. The lowest BCUT2D eigenvalue weighted by Crippen LogP contribution is -2.05. The molecule has 2 heterocycles. The molecule has 0 aliphatic heterocycles. The van der Waals surface area contributed by atoms with Crippen molar-refractivity contribution in [1.29, 1.82) is 0 Å². The maximum absolute atomic E-state index is 11.6. The molecule has 0 unspecified atom stereocenters. The first-order valence-corrected chi connectivity index (χ1v) is 5.31. The monoisotopic (exact) mass is 255 g/mol. The minimum absolute atomic E-state index is 0.118. The number of furan rings is 1. The van der Waals surface area contributed by atoms with Crippen LogP contribution in [0.4, 0.5) is 5.82 Å². The molecule has 6 nitrogen and oxygen atoms in total. The first-order valence-electron chi connectivity index (χ1n) is 4.78. The minimum Gasteiger partial charge on any atom is -0.465 e. The molecule has 2 rings (SSSR count). The summed E-state index contributed by atoms with van der Waals surface area (Å²) in [5.74, 6) is 0.479. The molecule has 0 spiro atoms. The number of alkyl halides is 1. The molecule has 90 valence electrons. The van der Waals surface area contributed by atoms with Crippen molar-refractivity contribution >= 4 is 34.5 Å². The number of methoxy groups -OCH3 is 1. The van der Waals surface area contributed by atoms with Crippen LogP contribution in [0.5, 0.6) is 0 Å². The van der Waals surface area contributed by atoms with Crippen LogP contribution in [0.2, 0.25) is 0 Å². The molecule has 0 aliphatic rings. The van der Waals surface area contributed by atoms with E-state index in [4.69, 9.17) is 21.8 Å². The zero-order valence-electron chi connectivity index (χ0n) is 9.28. The molecule has 0 radical (unpaired) electrons. The average molecular weight is 256 g/mol. The Kier molecular flexibility index (Phi) is 2.89. The molecule has 2 aromatic rings. The Morgan fingerprint density at radius 2 is 2.24 bits per heavy atom. The predicted molar refractivity (Wildman–Crippen MR) is 61.8 cm³/mol. The molecule has 0 aliphatic carbocycles. The molecule has 7 heteroatoms. The minimum atomic E-state index is -0.532. The standard InChI is InChI=1S/C10H10ClN3O3/c1-4-6(10(15)16-2)7-8(12)13-5(3-11)14-9(7)17-4/h3H2,1-2H3,(H2,12,13,14). The number of nitrogen functional groups attached to an aromatic ring is 1. The second-order valence-corrected chi connectivity index (χ2v) is 3.63. The number of hydrogen-bond acceptors (Lipinski definition) is 6. The Hall–Kier alpha value is -1.82. The average Bonchev–Trinajstić information content (AvgIpc) is 2.64. The number of aryl methyl sites for hydroxylation is 1. The van der Waals surface area contributed by atoms with Crippen LogP contribution in [-0.4, -0.2) is 23.0 Å². The largest absolute Gasteiger partial charge is 0.465 e. The Balaban J connectivity index is 2.78. The second-order valence-electron chi connectivity index (χ2n) is 3.36. The number of ether oxygens (including phenoxy) is 1. The molecule has 0 saturated heterocycles. The fraction of sp³-hybridized carbons (Fsp3) is 0.300. The number of rotatable bonds is 2. The van der Waals surface area contributed by atoms with Crippen molar-refractivity contribution in [2.75, 3.05) is 12.8 Å². The third-order valence-corrected chi connectivity index (χ3v) is 2.55. The molecule has 0 bridgehead atoms. The van der Waals surface area contributed by atoms with Gasteiger partial charge in [-0.1, -0.05) is 0 Å². The molecule has 0 atom stereocenters. The van der Waals surface area contributed by atoms with E-state index < -0.39 is 5.97 Å². The number of carbonyl (C=O) groups is 1. The van der Waals surface area contributed by atoms with Crippen LogP contribution in [-0.2, 0) is 10.6 Å². The van der Waals surface area contributed by atoms with E-state index in [-0.39, 0.29) is 23.0 Å². The molecule has 17 heavy (non-hydrogen) atoms. The number of nitrogens with zero attached hydrogens (tertiary/aromatic N) is 2. The van der Waals surface area contributed by atoms with E-state index in [0.717, 1.165) is 0 Å². The molecule has 0 aromatic carbocycles. The van der Waals surface area contributed by atoms with Crippen LogP contribution >= 0.6 is 11.6 Å².